The third kappa shape index (κ3) is 31.1. The van der Waals surface area contributed by atoms with E-state index in [1.54, 1.807) is 27.7 Å². The molecule has 0 saturated heterocycles. The molecule has 15 nitrogen and oxygen atoms in total. The average molecular weight is 620 g/mol. The molecule has 0 fully saturated rings. The first kappa shape index (κ1) is 46.3. The molecule has 10 N–H and O–H groups in total. The minimum Gasteiger partial charge on any atom is -0.469 e. The predicted octanol–water partition coefficient (Wildman–Crippen LogP) is -0.462. The first-order valence-corrected chi connectivity index (χ1v) is 13.1. The maximum Gasteiger partial charge on any atom is 0.325 e. The molecule has 0 amide bonds. The van der Waals surface area contributed by atoms with Crippen LogP contribution in [0.4, 0.5) is 0 Å². The Hall–Kier alpha value is -3.63. The van der Waals surface area contributed by atoms with E-state index in [1.807, 2.05) is 30.3 Å². The number of aryl methyl sites for hydroxylation is 1. The normalized spacial score (nSPS) is 11.6. The molecule has 15 heteroatoms. The van der Waals surface area contributed by atoms with E-state index < -0.39 is 29.6 Å². The van der Waals surface area contributed by atoms with Crippen molar-refractivity contribution in [3.05, 3.63) is 35.9 Å². The van der Waals surface area contributed by atoms with Gasteiger partial charge in [0.15, 0.2) is 0 Å². The first-order chi connectivity index (χ1) is 19.9. The molecule has 0 aliphatic rings. The molecule has 0 radical (unpaired) electrons. The summed E-state index contributed by atoms with van der Waals surface area (Å²) in [7, 11) is 6.64. The van der Waals surface area contributed by atoms with Crippen LogP contribution < -0.4 is 28.7 Å². The largest absolute Gasteiger partial charge is 0.469 e. The summed E-state index contributed by atoms with van der Waals surface area (Å²) in [4.78, 5) is 51.9. The van der Waals surface area contributed by atoms with Crippen LogP contribution in [0.1, 0.15) is 46.1 Å². The number of carbonyl (C=O) groups is 5. The molecular weight excluding hydrogens is 566 g/mol. The van der Waals surface area contributed by atoms with Crippen molar-refractivity contribution >= 4 is 29.8 Å². The van der Waals surface area contributed by atoms with E-state index in [4.69, 9.17) is 28.7 Å². The predicted molar refractivity (Wildman–Crippen MR) is 162 cm³/mol. The second-order valence-corrected chi connectivity index (χ2v) is 9.11. The van der Waals surface area contributed by atoms with Crippen molar-refractivity contribution in [1.82, 2.24) is 0 Å². The molecule has 1 aromatic carbocycles. The van der Waals surface area contributed by atoms with Gasteiger partial charge < -0.3 is 52.4 Å². The second-order valence-electron chi connectivity index (χ2n) is 9.11. The minimum absolute atomic E-state index is 0.248. The number of nitrogens with two attached hydrogens (primary N) is 5. The maximum absolute atomic E-state index is 11.0. The quantitative estimate of drug-likeness (QED) is 0.173. The first-order valence-electron chi connectivity index (χ1n) is 13.1. The van der Waals surface area contributed by atoms with Gasteiger partial charge in [-0.25, -0.2) is 0 Å². The number of hydrogen-bond donors (Lipinski definition) is 5. The Kier molecular flexibility index (Phi) is 30.7. The molecule has 0 saturated carbocycles. The van der Waals surface area contributed by atoms with Crippen LogP contribution in [0.3, 0.4) is 0 Å². The molecule has 250 valence electrons. The zero-order valence-electron chi connectivity index (χ0n) is 26.9. The Morgan fingerprint density at radius 2 is 1.14 bits per heavy atom. The summed E-state index contributed by atoms with van der Waals surface area (Å²) in [6.07, 6.45) is 1.74. The number of carbonyl (C=O) groups excluding carboxylic acids is 5. The third-order valence-electron chi connectivity index (χ3n) is 4.52. The standard InChI is InChI=1S/C11H15NO2.C5H11NO2.3C4H9NO2/c1-14-11(13)10(12)8-7-9-5-3-2-4-6-9;1-5(2,6)4(7)8-3;1-7-4(6)2-3-5;2*1-3(5)4(6)7-2/h2-6,10H,7-8,12H2,1H3;6H2,1-3H3;2-3,5H2,1H3;2*3H,5H2,1-2H3/t10-;;;2*3-/m0..10/s1. The molecule has 0 aliphatic carbocycles. The van der Waals surface area contributed by atoms with Crippen LogP contribution in [-0.2, 0) is 54.1 Å². The van der Waals surface area contributed by atoms with E-state index in [1.165, 1.54) is 41.1 Å². The summed E-state index contributed by atoms with van der Waals surface area (Å²) in [5, 5.41) is 0. The van der Waals surface area contributed by atoms with Crippen LogP contribution in [0, 0.1) is 0 Å². The lowest BCUT2D eigenvalue weighted by Crippen LogP contribution is -2.42. The SMILES string of the molecule is COC(=O)C(C)(C)N.COC(=O)CCN.COC(=O)[C@@H](C)N.COC(=O)[C@@H](N)CCc1ccccc1.COC(=O)[C@H](C)N. The van der Waals surface area contributed by atoms with Gasteiger partial charge in [-0.05, 0) is 46.1 Å². The minimum atomic E-state index is -0.852. The Morgan fingerprint density at radius 3 is 1.35 bits per heavy atom. The molecule has 1 rings (SSSR count). The topological polar surface area (TPSA) is 262 Å². The number of methoxy groups -OCH3 is 5. The Morgan fingerprint density at radius 1 is 0.721 bits per heavy atom. The highest BCUT2D eigenvalue weighted by Crippen LogP contribution is 2.04. The number of rotatable bonds is 9. The molecule has 0 unspecified atom stereocenters. The molecule has 43 heavy (non-hydrogen) atoms. The van der Waals surface area contributed by atoms with Crippen LogP contribution in [0.5, 0.6) is 0 Å². The highest BCUT2D eigenvalue weighted by Gasteiger charge is 2.21. The van der Waals surface area contributed by atoms with Crippen molar-refractivity contribution in [3.63, 3.8) is 0 Å². The van der Waals surface area contributed by atoms with Crippen molar-refractivity contribution in [2.75, 3.05) is 42.1 Å². The molecule has 0 spiro atoms. The Bertz CT molecular complexity index is 872. The zero-order chi connectivity index (χ0) is 34.6. The van der Waals surface area contributed by atoms with Gasteiger partial charge in [-0.2, -0.15) is 0 Å². The summed E-state index contributed by atoms with van der Waals surface area (Å²) in [6, 6.07) is 8.44. The van der Waals surface area contributed by atoms with E-state index in [0.29, 0.717) is 19.4 Å². The van der Waals surface area contributed by atoms with E-state index in [-0.39, 0.29) is 23.9 Å². The van der Waals surface area contributed by atoms with Gasteiger partial charge >= 0.3 is 29.8 Å². The summed E-state index contributed by atoms with van der Waals surface area (Å²) in [6.45, 7) is 6.71. The van der Waals surface area contributed by atoms with Crippen LogP contribution in [0.25, 0.3) is 0 Å². The van der Waals surface area contributed by atoms with Crippen LogP contribution >= 0.6 is 0 Å². The highest BCUT2D eigenvalue weighted by molar-refractivity contribution is 5.79. The van der Waals surface area contributed by atoms with E-state index in [0.717, 1.165) is 6.42 Å². The van der Waals surface area contributed by atoms with Gasteiger partial charge in [0, 0.05) is 6.54 Å². The summed E-state index contributed by atoms with van der Waals surface area (Å²) < 4.78 is 21.7. The van der Waals surface area contributed by atoms with E-state index in [9.17, 15) is 24.0 Å². The average Bonchev–Trinajstić information content (AvgIpc) is 2.99. The highest BCUT2D eigenvalue weighted by atomic mass is 16.5. The molecule has 0 bridgehead atoms. The van der Waals surface area contributed by atoms with Gasteiger partial charge in [-0.1, -0.05) is 30.3 Å². The fraction of sp³-hybridized carbons (Fsp3) is 0.607. The molecular formula is C28H53N5O10. The monoisotopic (exact) mass is 619 g/mol. The van der Waals surface area contributed by atoms with Crippen LogP contribution in [0.2, 0.25) is 0 Å². The number of hydrogen-bond acceptors (Lipinski definition) is 15. The lowest BCUT2D eigenvalue weighted by Gasteiger charge is -2.13. The summed E-state index contributed by atoms with van der Waals surface area (Å²) in [5.41, 5.74) is 26.4. The molecule has 1 aromatic rings. The smallest absolute Gasteiger partial charge is 0.325 e. The molecule has 0 aliphatic heterocycles. The van der Waals surface area contributed by atoms with Crippen molar-refractivity contribution in [1.29, 1.82) is 0 Å². The molecule has 3 atom stereocenters. The molecule has 0 heterocycles. The van der Waals surface area contributed by atoms with Gasteiger partial charge in [0.2, 0.25) is 0 Å². The second kappa shape index (κ2) is 28.5. The number of benzene rings is 1. The van der Waals surface area contributed by atoms with Gasteiger partial charge in [-0.15, -0.1) is 0 Å². The van der Waals surface area contributed by atoms with E-state index in [2.05, 4.69) is 23.7 Å². The van der Waals surface area contributed by atoms with Crippen molar-refractivity contribution in [2.45, 2.75) is 70.6 Å². The lowest BCUT2D eigenvalue weighted by atomic mass is 10.1. The van der Waals surface area contributed by atoms with Gasteiger partial charge in [0.25, 0.3) is 0 Å². The van der Waals surface area contributed by atoms with E-state index >= 15 is 0 Å². The Balaban J connectivity index is -0.000000231. The fourth-order valence-electron chi connectivity index (χ4n) is 2.09. The van der Waals surface area contributed by atoms with Crippen molar-refractivity contribution < 1.29 is 47.7 Å². The van der Waals surface area contributed by atoms with Crippen molar-refractivity contribution in [3.8, 4) is 0 Å². The summed E-state index contributed by atoms with van der Waals surface area (Å²) >= 11 is 0. The van der Waals surface area contributed by atoms with Crippen LogP contribution in [-0.4, -0.2) is 95.6 Å². The molecule has 0 aromatic heterocycles. The van der Waals surface area contributed by atoms with Crippen LogP contribution in [0.15, 0.2) is 30.3 Å². The van der Waals surface area contributed by atoms with Gasteiger partial charge in [-0.3, -0.25) is 24.0 Å². The Labute approximate surface area is 255 Å². The lowest BCUT2D eigenvalue weighted by molar-refractivity contribution is -0.146. The summed E-state index contributed by atoms with van der Waals surface area (Å²) in [5.74, 6) is -1.74. The number of esters is 5. The van der Waals surface area contributed by atoms with Gasteiger partial charge in [0.05, 0.1) is 42.0 Å². The third-order valence-corrected chi connectivity index (χ3v) is 4.52. The van der Waals surface area contributed by atoms with Crippen molar-refractivity contribution in [2.24, 2.45) is 28.7 Å². The van der Waals surface area contributed by atoms with Gasteiger partial charge in [0.1, 0.15) is 23.7 Å². The zero-order valence-corrected chi connectivity index (χ0v) is 26.9. The maximum atomic E-state index is 11.0. The number of ether oxygens (including phenoxy) is 5. The fourth-order valence-corrected chi connectivity index (χ4v) is 2.09.